The summed E-state index contributed by atoms with van der Waals surface area (Å²) in [5, 5.41) is 18.1. The maximum Gasteiger partial charge on any atom is 0.249 e. The Morgan fingerprint density at radius 1 is 1.11 bits per heavy atom. The summed E-state index contributed by atoms with van der Waals surface area (Å²) in [6, 6.07) is 18.4. The summed E-state index contributed by atoms with van der Waals surface area (Å²) in [5.41, 5.74) is 5.40. The zero-order valence-corrected chi connectivity index (χ0v) is 21.8. The number of carbonyl (C=O) groups is 2. The van der Waals surface area contributed by atoms with Gasteiger partial charge in [0.25, 0.3) is 0 Å². The lowest BCUT2D eigenvalue weighted by Gasteiger charge is -2.26. The maximum atomic E-state index is 13.8. The average molecular weight is 512 g/mol. The molecule has 4 aromatic rings. The van der Waals surface area contributed by atoms with Crippen molar-refractivity contribution in [2.45, 2.75) is 51.1 Å². The lowest BCUT2D eigenvalue weighted by molar-refractivity contribution is -0.127. The molecule has 2 N–H and O–H groups in total. The number of likely N-dealkylation sites (N-methyl/N-ethyl adjacent to an activating group) is 1. The third kappa shape index (κ3) is 5.45. The molecule has 2 amide bonds. The third-order valence-electron chi connectivity index (χ3n) is 7.21. The normalized spacial score (nSPS) is 13.9. The number of carbonyl (C=O) groups excluding carboxylic acids is 2. The first-order valence-corrected chi connectivity index (χ1v) is 13.1. The van der Waals surface area contributed by atoms with Crippen molar-refractivity contribution in [3.8, 4) is 0 Å². The first-order chi connectivity index (χ1) is 18.5. The van der Waals surface area contributed by atoms with E-state index in [0.717, 1.165) is 51.9 Å². The number of nitrogens with zero attached hydrogens (tertiary/aromatic N) is 4. The lowest BCUT2D eigenvalue weighted by atomic mass is 10.0. The summed E-state index contributed by atoms with van der Waals surface area (Å²) >= 11 is 0. The number of benzene rings is 2. The molecule has 0 bridgehead atoms. The van der Waals surface area contributed by atoms with Gasteiger partial charge in [0.05, 0.1) is 16.9 Å². The van der Waals surface area contributed by atoms with Gasteiger partial charge in [0.1, 0.15) is 12.6 Å². The molecular weight excluding hydrogens is 478 g/mol. The van der Waals surface area contributed by atoms with Crippen LogP contribution in [0.3, 0.4) is 0 Å². The number of aliphatic hydroxyl groups excluding tert-OH is 1. The van der Waals surface area contributed by atoms with Gasteiger partial charge in [0, 0.05) is 43.3 Å². The predicted molar refractivity (Wildman–Crippen MR) is 147 cm³/mol. The van der Waals surface area contributed by atoms with Crippen LogP contribution in [0.1, 0.15) is 41.3 Å². The summed E-state index contributed by atoms with van der Waals surface area (Å²) in [7, 11) is 1.73. The van der Waals surface area contributed by atoms with E-state index in [2.05, 4.69) is 10.3 Å². The van der Waals surface area contributed by atoms with Crippen LogP contribution in [0, 0.1) is 6.92 Å². The van der Waals surface area contributed by atoms with Crippen LogP contribution in [0.2, 0.25) is 0 Å². The molecule has 5 rings (SSSR count). The maximum absolute atomic E-state index is 13.8. The molecule has 2 aromatic carbocycles. The summed E-state index contributed by atoms with van der Waals surface area (Å²) in [6.07, 6.45) is 4.79. The number of fused-ring (bicyclic) bond motifs is 1. The van der Waals surface area contributed by atoms with Crippen molar-refractivity contribution in [2.75, 3.05) is 18.6 Å². The average Bonchev–Trinajstić information content (AvgIpc) is 3.74. The standard InChI is InChI=1S/C30H33N5O3/c1-20-23(15-17-36)29(22-13-14-22)33-35(20)19-28(37)32-26(18-21-8-4-3-5-9-21)30(38)34(2)27-12-6-11-25-24(27)10-7-16-31-25/h3-12,16,22,26,36H,13-15,17-19H2,1-2H3,(H,32,37)/t26-/m0/s1. The Labute approximate surface area is 222 Å². The van der Waals surface area contributed by atoms with Crippen LogP contribution in [0.5, 0.6) is 0 Å². The van der Waals surface area contributed by atoms with E-state index in [4.69, 9.17) is 5.10 Å². The minimum absolute atomic E-state index is 0.0114. The van der Waals surface area contributed by atoms with Gasteiger partial charge in [0.2, 0.25) is 11.8 Å². The number of nitrogens with one attached hydrogen (secondary N) is 1. The highest BCUT2D eigenvalue weighted by molar-refractivity contribution is 6.05. The van der Waals surface area contributed by atoms with E-state index in [0.29, 0.717) is 18.8 Å². The molecule has 8 heteroatoms. The van der Waals surface area contributed by atoms with Gasteiger partial charge in [-0.3, -0.25) is 19.3 Å². The Kier molecular flexibility index (Phi) is 7.51. The smallest absolute Gasteiger partial charge is 0.249 e. The molecule has 38 heavy (non-hydrogen) atoms. The first kappa shape index (κ1) is 25.6. The van der Waals surface area contributed by atoms with Crippen LogP contribution in [0.25, 0.3) is 10.9 Å². The van der Waals surface area contributed by atoms with Gasteiger partial charge in [-0.2, -0.15) is 5.10 Å². The monoisotopic (exact) mass is 511 g/mol. The second-order valence-electron chi connectivity index (χ2n) is 9.91. The summed E-state index contributed by atoms with van der Waals surface area (Å²) in [4.78, 5) is 33.1. The molecule has 0 unspecified atom stereocenters. The molecule has 0 aliphatic heterocycles. The SMILES string of the molecule is Cc1c(CCO)c(C2CC2)nn1CC(=O)N[C@@H](Cc1ccccc1)C(=O)N(C)c1cccc2ncccc12. The number of anilines is 1. The number of pyridine rings is 1. The number of hydrogen-bond acceptors (Lipinski definition) is 5. The first-order valence-electron chi connectivity index (χ1n) is 13.1. The van der Waals surface area contributed by atoms with Crippen molar-refractivity contribution in [1.29, 1.82) is 0 Å². The summed E-state index contributed by atoms with van der Waals surface area (Å²) in [5.74, 6) is -0.0815. The van der Waals surface area contributed by atoms with Gasteiger partial charge in [-0.05, 0) is 61.6 Å². The van der Waals surface area contributed by atoms with Gasteiger partial charge in [0.15, 0.2) is 0 Å². The minimum Gasteiger partial charge on any atom is -0.396 e. The van der Waals surface area contributed by atoms with E-state index < -0.39 is 6.04 Å². The number of aliphatic hydroxyl groups is 1. The van der Waals surface area contributed by atoms with Gasteiger partial charge in [-0.15, -0.1) is 0 Å². The molecule has 1 fully saturated rings. The Hall–Kier alpha value is -4.04. The van der Waals surface area contributed by atoms with E-state index in [-0.39, 0.29) is 25.0 Å². The van der Waals surface area contributed by atoms with E-state index in [1.807, 2.05) is 67.6 Å². The Morgan fingerprint density at radius 3 is 2.63 bits per heavy atom. The molecule has 1 aliphatic carbocycles. The van der Waals surface area contributed by atoms with E-state index in [1.54, 1.807) is 22.8 Å². The number of rotatable bonds is 10. The molecule has 2 aromatic heterocycles. The van der Waals surface area contributed by atoms with E-state index >= 15 is 0 Å². The van der Waals surface area contributed by atoms with Crippen molar-refractivity contribution >= 4 is 28.4 Å². The second kappa shape index (κ2) is 11.1. The minimum atomic E-state index is -0.766. The van der Waals surface area contributed by atoms with Crippen LogP contribution < -0.4 is 10.2 Å². The highest BCUT2D eigenvalue weighted by Crippen LogP contribution is 2.41. The number of hydrogen-bond donors (Lipinski definition) is 2. The molecule has 1 aliphatic rings. The van der Waals surface area contributed by atoms with Crippen LogP contribution in [-0.4, -0.2) is 51.4 Å². The van der Waals surface area contributed by atoms with Gasteiger partial charge >= 0.3 is 0 Å². The zero-order chi connectivity index (χ0) is 26.6. The molecule has 8 nitrogen and oxygen atoms in total. The second-order valence-corrected chi connectivity index (χ2v) is 9.91. The largest absolute Gasteiger partial charge is 0.396 e. The molecule has 196 valence electrons. The van der Waals surface area contributed by atoms with Gasteiger partial charge < -0.3 is 15.3 Å². The lowest BCUT2D eigenvalue weighted by Crippen LogP contribution is -2.49. The molecule has 0 radical (unpaired) electrons. The third-order valence-corrected chi connectivity index (χ3v) is 7.21. The van der Waals surface area contributed by atoms with Crippen LogP contribution in [-0.2, 0) is 29.0 Å². The Bertz CT molecular complexity index is 1440. The zero-order valence-electron chi connectivity index (χ0n) is 21.8. The Morgan fingerprint density at radius 2 is 1.89 bits per heavy atom. The van der Waals surface area contributed by atoms with Crippen molar-refractivity contribution in [3.05, 3.63) is 89.4 Å². The van der Waals surface area contributed by atoms with Crippen molar-refractivity contribution in [3.63, 3.8) is 0 Å². The molecule has 0 spiro atoms. The molecule has 2 heterocycles. The van der Waals surface area contributed by atoms with E-state index in [1.165, 1.54) is 0 Å². The van der Waals surface area contributed by atoms with E-state index in [9.17, 15) is 14.7 Å². The summed E-state index contributed by atoms with van der Waals surface area (Å²) in [6.45, 7) is 1.99. The van der Waals surface area contributed by atoms with Crippen LogP contribution in [0.4, 0.5) is 5.69 Å². The highest BCUT2D eigenvalue weighted by Gasteiger charge is 2.31. The van der Waals surface area contributed by atoms with Crippen molar-refractivity contribution < 1.29 is 14.7 Å². The topological polar surface area (TPSA) is 100 Å². The fraction of sp³-hybridized carbons (Fsp3) is 0.333. The van der Waals surface area contributed by atoms with Crippen LogP contribution >= 0.6 is 0 Å². The van der Waals surface area contributed by atoms with Gasteiger partial charge in [-0.25, -0.2) is 0 Å². The summed E-state index contributed by atoms with van der Waals surface area (Å²) < 4.78 is 1.71. The van der Waals surface area contributed by atoms with Crippen LogP contribution in [0.15, 0.2) is 66.9 Å². The number of amides is 2. The fourth-order valence-corrected chi connectivity index (χ4v) is 5.02. The molecule has 0 saturated heterocycles. The fourth-order valence-electron chi connectivity index (χ4n) is 5.02. The van der Waals surface area contributed by atoms with Gasteiger partial charge in [-0.1, -0.05) is 36.4 Å². The van der Waals surface area contributed by atoms with Crippen molar-refractivity contribution in [1.82, 2.24) is 20.1 Å². The highest BCUT2D eigenvalue weighted by atomic mass is 16.3. The Balaban J connectivity index is 1.39. The van der Waals surface area contributed by atoms with Crippen molar-refractivity contribution in [2.24, 2.45) is 0 Å². The quantitative estimate of drug-likeness (QED) is 0.339. The molecule has 1 saturated carbocycles. The number of aromatic nitrogens is 3. The molecule has 1 atom stereocenters. The molecular formula is C30H33N5O3. The predicted octanol–water partition coefficient (Wildman–Crippen LogP) is 3.54.